The first-order chi connectivity index (χ1) is 14.3. The van der Waals surface area contributed by atoms with E-state index in [1.807, 2.05) is 41.4 Å². The van der Waals surface area contributed by atoms with Crippen LogP contribution in [-0.2, 0) is 10.9 Å². The second-order valence-electron chi connectivity index (χ2n) is 7.16. The molecule has 0 aliphatic carbocycles. The number of nitrogens with zero attached hydrogens (tertiary/aromatic N) is 2. The zero-order chi connectivity index (χ0) is 21.7. The normalized spacial score (nSPS) is 15.9. The molecule has 2 N–H and O–H groups in total. The van der Waals surface area contributed by atoms with Crippen LogP contribution in [0.5, 0.6) is 0 Å². The maximum atomic E-state index is 13.6. The van der Waals surface area contributed by atoms with E-state index in [-0.39, 0.29) is 18.3 Å². The Morgan fingerprint density at radius 2 is 2.00 bits per heavy atom. The van der Waals surface area contributed by atoms with E-state index in [0.717, 1.165) is 10.9 Å². The molecule has 1 aromatic carbocycles. The van der Waals surface area contributed by atoms with E-state index in [1.165, 1.54) is 6.07 Å². The summed E-state index contributed by atoms with van der Waals surface area (Å²) >= 11 is 1.56. The summed E-state index contributed by atoms with van der Waals surface area (Å²) in [7, 11) is 3.77. The standard InChI is InChI=1S/C20H25F3N4O2S/c1-26(2)17(18-4-3-11-30-18)13-24-19(28)25-16-6-5-14(12-15(16)20(21,22)23)27-7-9-29-10-8-27/h3-6,11-12,17H,7-10,13H2,1-2H3,(H2,24,25,28)/t17-/m0/s1. The summed E-state index contributed by atoms with van der Waals surface area (Å²) in [6, 6.07) is 7.10. The smallest absolute Gasteiger partial charge is 0.378 e. The number of halogens is 3. The van der Waals surface area contributed by atoms with Crippen molar-refractivity contribution in [1.82, 2.24) is 10.2 Å². The monoisotopic (exact) mass is 442 g/mol. The highest BCUT2D eigenvalue weighted by atomic mass is 32.1. The number of thiophene rings is 1. The number of carbonyl (C=O) groups excluding carboxylic acids is 1. The van der Waals surface area contributed by atoms with Crippen molar-refractivity contribution in [3.63, 3.8) is 0 Å². The van der Waals surface area contributed by atoms with Crippen LogP contribution in [-0.4, -0.2) is 57.9 Å². The molecule has 3 rings (SSSR count). The number of likely N-dealkylation sites (N-methyl/N-ethyl adjacent to an activating group) is 1. The molecular formula is C20H25F3N4O2S. The molecule has 1 saturated heterocycles. The number of amides is 2. The van der Waals surface area contributed by atoms with Gasteiger partial charge in [0.15, 0.2) is 0 Å². The minimum Gasteiger partial charge on any atom is -0.378 e. The summed E-state index contributed by atoms with van der Waals surface area (Å²) in [4.78, 5) is 17.2. The molecule has 1 fully saturated rings. The van der Waals surface area contributed by atoms with Crippen LogP contribution in [0.25, 0.3) is 0 Å². The molecule has 1 aromatic heterocycles. The predicted octanol–water partition coefficient (Wildman–Crippen LogP) is 4.03. The Labute approximate surface area is 177 Å². The number of urea groups is 1. The van der Waals surface area contributed by atoms with Gasteiger partial charge in [0.1, 0.15) is 0 Å². The molecule has 10 heteroatoms. The van der Waals surface area contributed by atoms with Gasteiger partial charge in [0, 0.05) is 30.2 Å². The topological polar surface area (TPSA) is 56.8 Å². The number of anilines is 2. The number of rotatable bonds is 6. The van der Waals surface area contributed by atoms with Crippen molar-refractivity contribution < 1.29 is 22.7 Å². The van der Waals surface area contributed by atoms with Gasteiger partial charge in [-0.3, -0.25) is 0 Å². The van der Waals surface area contributed by atoms with Crippen LogP contribution in [0, 0.1) is 0 Å². The number of alkyl halides is 3. The van der Waals surface area contributed by atoms with Crippen LogP contribution in [0.2, 0.25) is 0 Å². The Bertz CT molecular complexity index is 837. The second kappa shape index (κ2) is 9.67. The molecule has 0 bridgehead atoms. The van der Waals surface area contributed by atoms with Crippen molar-refractivity contribution in [1.29, 1.82) is 0 Å². The number of ether oxygens (including phenoxy) is 1. The van der Waals surface area contributed by atoms with Crippen molar-refractivity contribution in [2.45, 2.75) is 12.2 Å². The minimum atomic E-state index is -4.59. The minimum absolute atomic E-state index is 0.0680. The molecule has 0 unspecified atom stereocenters. The predicted molar refractivity (Wildman–Crippen MR) is 112 cm³/mol. The number of hydrogen-bond donors (Lipinski definition) is 2. The Morgan fingerprint density at radius 1 is 1.27 bits per heavy atom. The van der Waals surface area contributed by atoms with Gasteiger partial charge in [0.2, 0.25) is 0 Å². The summed E-state index contributed by atoms with van der Waals surface area (Å²) in [5.74, 6) is 0. The fraction of sp³-hybridized carbons (Fsp3) is 0.450. The van der Waals surface area contributed by atoms with Crippen LogP contribution in [0.4, 0.5) is 29.3 Å². The molecule has 2 amide bonds. The number of carbonyl (C=O) groups is 1. The quantitative estimate of drug-likeness (QED) is 0.709. The van der Waals surface area contributed by atoms with E-state index in [0.29, 0.717) is 32.0 Å². The number of benzene rings is 1. The van der Waals surface area contributed by atoms with Gasteiger partial charge in [0.05, 0.1) is 30.5 Å². The third-order valence-electron chi connectivity index (χ3n) is 4.88. The van der Waals surface area contributed by atoms with Gasteiger partial charge in [0.25, 0.3) is 0 Å². The Hall–Kier alpha value is -2.30. The van der Waals surface area contributed by atoms with Gasteiger partial charge in [-0.25, -0.2) is 4.79 Å². The molecule has 1 aliphatic heterocycles. The first kappa shape index (κ1) is 22.4. The van der Waals surface area contributed by atoms with Gasteiger partial charge < -0.3 is 25.2 Å². The lowest BCUT2D eigenvalue weighted by Crippen LogP contribution is -2.37. The van der Waals surface area contributed by atoms with E-state index < -0.39 is 17.8 Å². The number of hydrogen-bond acceptors (Lipinski definition) is 5. The van der Waals surface area contributed by atoms with Crippen LogP contribution < -0.4 is 15.5 Å². The molecule has 164 valence electrons. The molecular weight excluding hydrogens is 417 g/mol. The van der Waals surface area contributed by atoms with Gasteiger partial charge in [-0.1, -0.05) is 6.07 Å². The first-order valence-corrected chi connectivity index (χ1v) is 10.4. The highest BCUT2D eigenvalue weighted by Crippen LogP contribution is 2.37. The van der Waals surface area contributed by atoms with Gasteiger partial charge >= 0.3 is 12.2 Å². The molecule has 1 aliphatic rings. The van der Waals surface area contributed by atoms with E-state index in [4.69, 9.17) is 4.74 Å². The zero-order valence-electron chi connectivity index (χ0n) is 16.8. The molecule has 2 aromatic rings. The fourth-order valence-corrected chi connectivity index (χ4v) is 4.19. The molecule has 2 heterocycles. The van der Waals surface area contributed by atoms with Crippen molar-refractivity contribution in [3.8, 4) is 0 Å². The van der Waals surface area contributed by atoms with Crippen molar-refractivity contribution in [3.05, 3.63) is 46.2 Å². The SMILES string of the molecule is CN(C)[C@@H](CNC(=O)Nc1ccc(N2CCOCC2)cc1C(F)(F)F)c1cccs1. The van der Waals surface area contributed by atoms with Crippen LogP contribution >= 0.6 is 11.3 Å². The van der Waals surface area contributed by atoms with Crippen LogP contribution in [0.15, 0.2) is 35.7 Å². The van der Waals surface area contributed by atoms with E-state index in [9.17, 15) is 18.0 Å². The molecule has 0 saturated carbocycles. The average molecular weight is 443 g/mol. The third-order valence-corrected chi connectivity index (χ3v) is 5.86. The lowest BCUT2D eigenvalue weighted by Gasteiger charge is -2.29. The zero-order valence-corrected chi connectivity index (χ0v) is 17.6. The largest absolute Gasteiger partial charge is 0.418 e. The Kier molecular flexibility index (Phi) is 7.22. The molecule has 1 atom stereocenters. The summed E-state index contributed by atoms with van der Waals surface area (Å²) in [6.07, 6.45) is -4.59. The van der Waals surface area contributed by atoms with Gasteiger partial charge in [-0.2, -0.15) is 13.2 Å². The van der Waals surface area contributed by atoms with E-state index in [2.05, 4.69) is 10.6 Å². The summed E-state index contributed by atoms with van der Waals surface area (Å²) in [5.41, 5.74) is -0.680. The highest BCUT2D eigenvalue weighted by molar-refractivity contribution is 7.10. The number of nitrogens with one attached hydrogen (secondary N) is 2. The molecule has 0 spiro atoms. The number of morpholine rings is 1. The van der Waals surface area contributed by atoms with Crippen LogP contribution in [0.1, 0.15) is 16.5 Å². The lowest BCUT2D eigenvalue weighted by atomic mass is 10.1. The van der Waals surface area contributed by atoms with Gasteiger partial charge in [-0.15, -0.1) is 11.3 Å². The second-order valence-corrected chi connectivity index (χ2v) is 8.14. The molecule has 6 nitrogen and oxygen atoms in total. The Morgan fingerprint density at radius 3 is 2.60 bits per heavy atom. The Balaban J connectivity index is 1.70. The van der Waals surface area contributed by atoms with Crippen molar-refractivity contribution >= 4 is 28.7 Å². The van der Waals surface area contributed by atoms with Crippen LogP contribution in [0.3, 0.4) is 0 Å². The lowest BCUT2D eigenvalue weighted by molar-refractivity contribution is -0.136. The maximum absolute atomic E-state index is 13.6. The van der Waals surface area contributed by atoms with Crippen molar-refractivity contribution in [2.24, 2.45) is 0 Å². The van der Waals surface area contributed by atoms with E-state index >= 15 is 0 Å². The molecule has 0 radical (unpaired) electrons. The van der Waals surface area contributed by atoms with E-state index in [1.54, 1.807) is 17.4 Å². The summed E-state index contributed by atoms with van der Waals surface area (Å²) in [6.45, 7) is 2.27. The van der Waals surface area contributed by atoms with Gasteiger partial charge in [-0.05, 0) is 43.7 Å². The average Bonchev–Trinajstić information content (AvgIpc) is 3.22. The molecule has 30 heavy (non-hydrogen) atoms. The first-order valence-electron chi connectivity index (χ1n) is 9.54. The summed E-state index contributed by atoms with van der Waals surface area (Å²) in [5, 5.41) is 6.98. The highest BCUT2D eigenvalue weighted by Gasteiger charge is 2.35. The maximum Gasteiger partial charge on any atom is 0.418 e. The fourth-order valence-electron chi connectivity index (χ4n) is 3.27. The summed E-state index contributed by atoms with van der Waals surface area (Å²) < 4.78 is 46.1. The van der Waals surface area contributed by atoms with Crippen molar-refractivity contribution in [2.75, 3.05) is 57.2 Å². The third kappa shape index (κ3) is 5.65.